The van der Waals surface area contributed by atoms with Crippen molar-refractivity contribution in [1.29, 1.82) is 0 Å². The van der Waals surface area contributed by atoms with E-state index in [1.807, 2.05) is 24.3 Å². The summed E-state index contributed by atoms with van der Waals surface area (Å²) in [4.78, 5) is 19.1. The number of aromatic nitrogens is 1. The number of carbonyl (C=O) groups is 1. The van der Waals surface area contributed by atoms with Crippen molar-refractivity contribution in [1.82, 2.24) is 9.88 Å². The Labute approximate surface area is 154 Å². The molecule has 5 nitrogen and oxygen atoms in total. The lowest BCUT2D eigenvalue weighted by atomic mass is 10.1. The molecule has 2 heterocycles. The summed E-state index contributed by atoms with van der Waals surface area (Å²) < 4.78 is 19.3. The summed E-state index contributed by atoms with van der Waals surface area (Å²) in [6, 6.07) is 12.0. The second-order valence-corrected chi connectivity index (χ2v) is 7.20. The zero-order valence-corrected chi connectivity index (χ0v) is 14.9. The summed E-state index contributed by atoms with van der Waals surface area (Å²) in [7, 11) is 0. The van der Waals surface area contributed by atoms with Gasteiger partial charge in [-0.15, -0.1) is 0 Å². The summed E-state index contributed by atoms with van der Waals surface area (Å²) in [5.74, 6) is -0.530. The predicted octanol–water partition coefficient (Wildman–Crippen LogP) is 3.52. The molecule has 1 fully saturated rings. The number of amides is 1. The Balaban J connectivity index is 1.42. The molecular weight excluding hydrogens is 353 g/mol. The first-order valence-corrected chi connectivity index (χ1v) is 9.25. The van der Waals surface area contributed by atoms with Crippen LogP contribution in [0.15, 0.2) is 42.5 Å². The second-order valence-electron chi connectivity index (χ2n) is 6.17. The number of benzene rings is 2. The normalized spacial score (nSPS) is 15.3. The predicted molar refractivity (Wildman–Crippen MR) is 100 cm³/mol. The van der Waals surface area contributed by atoms with Crippen LogP contribution in [0.25, 0.3) is 10.2 Å². The molecule has 1 aliphatic heterocycles. The Kier molecular flexibility index (Phi) is 4.92. The van der Waals surface area contributed by atoms with Gasteiger partial charge in [-0.3, -0.25) is 15.0 Å². The molecule has 2 aromatic carbocycles. The summed E-state index contributed by atoms with van der Waals surface area (Å²) in [6.07, 6.45) is 0. The lowest BCUT2D eigenvalue weighted by molar-refractivity contribution is 0.0342. The number of morpholine rings is 1. The molecule has 1 aliphatic rings. The van der Waals surface area contributed by atoms with Crippen molar-refractivity contribution < 1.29 is 13.9 Å². The number of carbonyl (C=O) groups excluding carboxylic acids is 1. The number of halogens is 1. The van der Waals surface area contributed by atoms with Gasteiger partial charge in [-0.1, -0.05) is 23.5 Å². The monoisotopic (exact) mass is 371 g/mol. The molecule has 0 radical (unpaired) electrons. The van der Waals surface area contributed by atoms with E-state index in [0.717, 1.165) is 32.8 Å². The van der Waals surface area contributed by atoms with Crippen LogP contribution in [0.3, 0.4) is 0 Å². The Morgan fingerprint density at radius 1 is 1.19 bits per heavy atom. The first-order valence-electron chi connectivity index (χ1n) is 8.44. The van der Waals surface area contributed by atoms with E-state index >= 15 is 0 Å². The van der Waals surface area contributed by atoms with Crippen LogP contribution < -0.4 is 5.32 Å². The molecule has 3 aromatic rings. The first-order chi connectivity index (χ1) is 12.7. The van der Waals surface area contributed by atoms with Gasteiger partial charge < -0.3 is 4.74 Å². The van der Waals surface area contributed by atoms with E-state index in [4.69, 9.17) is 4.74 Å². The number of hydrogen-bond donors (Lipinski definition) is 1. The van der Waals surface area contributed by atoms with Gasteiger partial charge >= 0.3 is 0 Å². The summed E-state index contributed by atoms with van der Waals surface area (Å²) in [5.41, 5.74) is 2.41. The van der Waals surface area contributed by atoms with Crippen LogP contribution in [0.4, 0.5) is 9.52 Å². The third-order valence-corrected chi connectivity index (χ3v) is 5.23. The summed E-state index contributed by atoms with van der Waals surface area (Å²) in [5, 5.41) is 3.25. The summed E-state index contributed by atoms with van der Waals surface area (Å²) in [6.45, 7) is 4.26. The van der Waals surface area contributed by atoms with Crippen molar-refractivity contribution in [2.75, 3.05) is 31.6 Å². The van der Waals surface area contributed by atoms with Gasteiger partial charge in [0.2, 0.25) is 0 Å². The third kappa shape index (κ3) is 3.90. The fourth-order valence-electron chi connectivity index (χ4n) is 2.90. The van der Waals surface area contributed by atoms with Crippen LogP contribution in [0.1, 0.15) is 15.9 Å². The quantitative estimate of drug-likeness (QED) is 0.762. The molecule has 7 heteroatoms. The molecule has 0 saturated carbocycles. The smallest absolute Gasteiger partial charge is 0.257 e. The Morgan fingerprint density at radius 2 is 1.96 bits per heavy atom. The molecule has 26 heavy (non-hydrogen) atoms. The van der Waals surface area contributed by atoms with E-state index in [2.05, 4.69) is 15.2 Å². The van der Waals surface area contributed by atoms with Gasteiger partial charge in [-0.25, -0.2) is 9.37 Å². The lowest BCUT2D eigenvalue weighted by Crippen LogP contribution is -2.35. The maximum atomic E-state index is 13.3. The SMILES string of the molecule is O=C(Nc1nc2ccc(F)cc2s1)c1ccc(CN2CCOCC2)cc1. The van der Waals surface area contributed by atoms with Gasteiger partial charge in [0.05, 0.1) is 23.4 Å². The largest absolute Gasteiger partial charge is 0.379 e. The molecule has 0 atom stereocenters. The molecule has 0 spiro atoms. The molecule has 1 N–H and O–H groups in total. The van der Waals surface area contributed by atoms with Crippen molar-refractivity contribution in [3.05, 3.63) is 59.4 Å². The molecule has 1 aromatic heterocycles. The molecule has 134 valence electrons. The van der Waals surface area contributed by atoms with Crippen molar-refractivity contribution in [2.45, 2.75) is 6.54 Å². The maximum Gasteiger partial charge on any atom is 0.257 e. The van der Waals surface area contributed by atoms with Crippen LogP contribution in [0.2, 0.25) is 0 Å². The van der Waals surface area contributed by atoms with Gasteiger partial charge in [-0.05, 0) is 35.9 Å². The van der Waals surface area contributed by atoms with Crippen molar-refractivity contribution >= 4 is 32.6 Å². The lowest BCUT2D eigenvalue weighted by Gasteiger charge is -2.26. The fraction of sp³-hybridized carbons (Fsp3) is 0.263. The van der Waals surface area contributed by atoms with E-state index in [1.54, 1.807) is 6.07 Å². The molecule has 0 aliphatic carbocycles. The number of nitrogens with zero attached hydrogens (tertiary/aromatic N) is 2. The van der Waals surface area contributed by atoms with Crippen LogP contribution >= 0.6 is 11.3 Å². The molecule has 4 rings (SSSR count). The summed E-state index contributed by atoms with van der Waals surface area (Å²) >= 11 is 1.26. The van der Waals surface area contributed by atoms with E-state index in [1.165, 1.54) is 29.0 Å². The van der Waals surface area contributed by atoms with Crippen LogP contribution in [-0.4, -0.2) is 42.1 Å². The molecule has 0 unspecified atom stereocenters. The van der Waals surface area contributed by atoms with Gasteiger partial charge in [0.1, 0.15) is 5.82 Å². The average molecular weight is 371 g/mol. The number of ether oxygens (including phenoxy) is 1. The van der Waals surface area contributed by atoms with E-state index in [9.17, 15) is 9.18 Å². The van der Waals surface area contributed by atoms with Crippen molar-refractivity contribution in [3.8, 4) is 0 Å². The van der Waals surface area contributed by atoms with Crippen LogP contribution in [0, 0.1) is 5.82 Å². The van der Waals surface area contributed by atoms with Gasteiger partial charge in [0, 0.05) is 25.2 Å². The van der Waals surface area contributed by atoms with E-state index in [0.29, 0.717) is 20.9 Å². The number of thiazole rings is 1. The first kappa shape index (κ1) is 17.1. The Morgan fingerprint density at radius 3 is 2.73 bits per heavy atom. The van der Waals surface area contributed by atoms with Gasteiger partial charge in [0.25, 0.3) is 5.91 Å². The van der Waals surface area contributed by atoms with Crippen LogP contribution in [-0.2, 0) is 11.3 Å². The van der Waals surface area contributed by atoms with Crippen molar-refractivity contribution in [2.24, 2.45) is 0 Å². The van der Waals surface area contributed by atoms with Crippen LogP contribution in [0.5, 0.6) is 0 Å². The second kappa shape index (κ2) is 7.49. The van der Waals surface area contributed by atoms with Gasteiger partial charge in [0.15, 0.2) is 5.13 Å². The molecule has 0 bridgehead atoms. The van der Waals surface area contributed by atoms with Crippen molar-refractivity contribution in [3.63, 3.8) is 0 Å². The topological polar surface area (TPSA) is 54.5 Å². The number of anilines is 1. The maximum absolute atomic E-state index is 13.3. The fourth-order valence-corrected chi connectivity index (χ4v) is 3.79. The standard InChI is InChI=1S/C19H18FN3O2S/c20-15-5-6-16-17(11-15)26-19(21-16)22-18(24)14-3-1-13(2-4-14)12-23-7-9-25-10-8-23/h1-6,11H,7-10,12H2,(H,21,22,24). The minimum absolute atomic E-state index is 0.220. The Hall–Kier alpha value is -2.35. The highest BCUT2D eigenvalue weighted by Crippen LogP contribution is 2.26. The molecular formula is C19H18FN3O2S. The number of rotatable bonds is 4. The third-order valence-electron chi connectivity index (χ3n) is 4.30. The highest BCUT2D eigenvalue weighted by atomic mass is 32.1. The number of nitrogens with one attached hydrogen (secondary N) is 1. The zero-order valence-electron chi connectivity index (χ0n) is 14.1. The minimum atomic E-state index is -0.310. The number of fused-ring (bicyclic) bond motifs is 1. The average Bonchev–Trinajstić information content (AvgIpc) is 3.04. The number of hydrogen-bond acceptors (Lipinski definition) is 5. The van der Waals surface area contributed by atoms with E-state index < -0.39 is 0 Å². The molecule has 1 amide bonds. The van der Waals surface area contributed by atoms with E-state index in [-0.39, 0.29) is 11.7 Å². The highest BCUT2D eigenvalue weighted by molar-refractivity contribution is 7.22. The Bertz CT molecular complexity index is 920. The highest BCUT2D eigenvalue weighted by Gasteiger charge is 2.13. The minimum Gasteiger partial charge on any atom is -0.379 e. The zero-order chi connectivity index (χ0) is 17.9. The molecule has 1 saturated heterocycles. The van der Waals surface area contributed by atoms with Gasteiger partial charge in [-0.2, -0.15) is 0 Å².